The van der Waals surface area contributed by atoms with Gasteiger partial charge in [-0.2, -0.15) is 0 Å². The van der Waals surface area contributed by atoms with Crippen LogP contribution in [-0.4, -0.2) is 5.11 Å². The first-order chi connectivity index (χ1) is 11.8. The minimum absolute atomic E-state index is 0.402. The summed E-state index contributed by atoms with van der Waals surface area (Å²) in [6.07, 6.45) is 12.8. The fourth-order valence-corrected chi connectivity index (χ4v) is 3.29. The molecule has 0 fully saturated rings. The van der Waals surface area contributed by atoms with E-state index in [0.717, 1.165) is 18.4 Å². The summed E-state index contributed by atoms with van der Waals surface area (Å²) in [6, 6.07) is 16.4. The quantitative estimate of drug-likeness (QED) is 0.458. The molecule has 0 spiro atoms. The summed E-state index contributed by atoms with van der Waals surface area (Å²) in [6.45, 7) is 2.27. The summed E-state index contributed by atoms with van der Waals surface area (Å²) >= 11 is 0. The lowest BCUT2D eigenvalue weighted by Crippen LogP contribution is -1.96. The van der Waals surface area contributed by atoms with E-state index in [2.05, 4.69) is 31.2 Å². The molecule has 0 unspecified atom stereocenters. The molecule has 0 radical (unpaired) electrons. The van der Waals surface area contributed by atoms with Gasteiger partial charge in [-0.3, -0.25) is 0 Å². The fourth-order valence-electron chi connectivity index (χ4n) is 3.29. The fraction of sp³-hybridized carbons (Fsp3) is 0.478. The van der Waals surface area contributed by atoms with Crippen LogP contribution in [0.1, 0.15) is 75.0 Å². The van der Waals surface area contributed by atoms with Crippen molar-refractivity contribution in [3.8, 4) is 5.75 Å². The van der Waals surface area contributed by atoms with Gasteiger partial charge < -0.3 is 5.11 Å². The molecule has 1 nitrogen and oxygen atoms in total. The lowest BCUT2D eigenvalue weighted by Gasteiger charge is -2.11. The molecule has 0 aliphatic heterocycles. The monoisotopic (exact) mass is 324 g/mol. The van der Waals surface area contributed by atoms with Crippen LogP contribution < -0.4 is 0 Å². The Hall–Kier alpha value is -1.76. The minimum atomic E-state index is 0.402. The normalized spacial score (nSPS) is 10.9. The third-order valence-corrected chi connectivity index (χ3v) is 4.79. The molecule has 2 rings (SSSR count). The van der Waals surface area contributed by atoms with Crippen LogP contribution in [0.5, 0.6) is 5.75 Å². The Morgan fingerprint density at radius 1 is 0.625 bits per heavy atom. The molecular formula is C23H32O. The number of hydrogen-bond donors (Lipinski definition) is 1. The number of para-hydroxylation sites is 1. The molecule has 24 heavy (non-hydrogen) atoms. The number of aromatic hydroxyl groups is 1. The third-order valence-electron chi connectivity index (χ3n) is 4.79. The molecule has 0 amide bonds. The zero-order valence-corrected chi connectivity index (χ0v) is 15.1. The maximum atomic E-state index is 10.00. The van der Waals surface area contributed by atoms with Crippen LogP contribution in [0.4, 0.5) is 0 Å². The van der Waals surface area contributed by atoms with Crippen molar-refractivity contribution < 1.29 is 5.11 Å². The number of benzene rings is 2. The first kappa shape index (κ1) is 18.6. The van der Waals surface area contributed by atoms with Crippen molar-refractivity contribution in [2.45, 2.75) is 71.1 Å². The van der Waals surface area contributed by atoms with Crippen LogP contribution in [0.2, 0.25) is 0 Å². The Labute approximate surface area is 147 Å². The number of unbranched alkanes of at least 4 members (excludes halogenated alkanes) is 7. The first-order valence-corrected chi connectivity index (χ1v) is 9.65. The molecule has 2 aromatic carbocycles. The largest absolute Gasteiger partial charge is 0.508 e. The van der Waals surface area contributed by atoms with E-state index in [-0.39, 0.29) is 0 Å². The first-order valence-electron chi connectivity index (χ1n) is 9.65. The lowest BCUT2D eigenvalue weighted by molar-refractivity contribution is 0.469. The SMILES string of the molecule is CCCCCCCCCCc1ccccc1Cc1ccccc1O. The highest BCUT2D eigenvalue weighted by Crippen LogP contribution is 2.22. The van der Waals surface area contributed by atoms with Crippen molar-refractivity contribution in [3.63, 3.8) is 0 Å². The zero-order valence-electron chi connectivity index (χ0n) is 15.1. The Morgan fingerprint density at radius 3 is 1.83 bits per heavy atom. The van der Waals surface area contributed by atoms with Crippen LogP contribution in [0.3, 0.4) is 0 Å². The van der Waals surface area contributed by atoms with Gasteiger partial charge in [0.05, 0.1) is 0 Å². The second-order valence-corrected chi connectivity index (χ2v) is 6.80. The van der Waals surface area contributed by atoms with E-state index in [1.54, 1.807) is 6.07 Å². The molecule has 0 saturated heterocycles. The van der Waals surface area contributed by atoms with E-state index in [9.17, 15) is 5.11 Å². The van der Waals surface area contributed by atoms with Crippen LogP contribution in [0.15, 0.2) is 48.5 Å². The predicted molar refractivity (Wildman–Crippen MR) is 104 cm³/mol. The Kier molecular flexibility index (Phi) is 8.45. The van der Waals surface area contributed by atoms with E-state index in [1.807, 2.05) is 18.2 Å². The van der Waals surface area contributed by atoms with E-state index < -0.39 is 0 Å². The summed E-state index contributed by atoms with van der Waals surface area (Å²) in [4.78, 5) is 0. The number of phenols is 1. The topological polar surface area (TPSA) is 20.2 Å². The molecule has 0 saturated carbocycles. The van der Waals surface area contributed by atoms with Gasteiger partial charge in [-0.25, -0.2) is 0 Å². The van der Waals surface area contributed by atoms with E-state index in [4.69, 9.17) is 0 Å². The molecule has 0 atom stereocenters. The van der Waals surface area contributed by atoms with Gasteiger partial charge in [-0.15, -0.1) is 0 Å². The smallest absolute Gasteiger partial charge is 0.119 e. The van der Waals surface area contributed by atoms with Crippen molar-refractivity contribution in [1.82, 2.24) is 0 Å². The third kappa shape index (κ3) is 6.39. The predicted octanol–water partition coefficient (Wildman–Crippen LogP) is 6.67. The number of phenolic OH excluding ortho intramolecular Hbond substituents is 1. The number of aryl methyl sites for hydroxylation is 1. The summed E-state index contributed by atoms with van der Waals surface area (Å²) in [5, 5.41) is 10.00. The molecular weight excluding hydrogens is 292 g/mol. The van der Waals surface area contributed by atoms with Crippen molar-refractivity contribution in [3.05, 3.63) is 65.2 Å². The Bertz CT molecular complexity index is 588. The summed E-state index contributed by atoms with van der Waals surface area (Å²) in [5.41, 5.74) is 3.80. The highest BCUT2D eigenvalue weighted by molar-refractivity contribution is 5.39. The van der Waals surface area contributed by atoms with Crippen LogP contribution in [0.25, 0.3) is 0 Å². The average Bonchev–Trinajstić information content (AvgIpc) is 2.60. The summed E-state index contributed by atoms with van der Waals surface area (Å²) < 4.78 is 0. The van der Waals surface area contributed by atoms with Crippen LogP contribution >= 0.6 is 0 Å². The molecule has 130 valence electrons. The molecule has 0 aromatic heterocycles. The van der Waals surface area contributed by atoms with Gasteiger partial charge in [0.15, 0.2) is 0 Å². The van der Waals surface area contributed by atoms with Gasteiger partial charge in [0, 0.05) is 6.42 Å². The Morgan fingerprint density at radius 2 is 1.17 bits per heavy atom. The highest BCUT2D eigenvalue weighted by Gasteiger charge is 2.06. The molecule has 2 aromatic rings. The zero-order chi connectivity index (χ0) is 17.0. The van der Waals surface area contributed by atoms with Gasteiger partial charge >= 0.3 is 0 Å². The van der Waals surface area contributed by atoms with Gasteiger partial charge in [-0.05, 0) is 35.6 Å². The molecule has 0 bridgehead atoms. The summed E-state index contributed by atoms with van der Waals surface area (Å²) in [7, 11) is 0. The van der Waals surface area contributed by atoms with Crippen molar-refractivity contribution in [2.75, 3.05) is 0 Å². The molecule has 1 heteroatoms. The van der Waals surface area contributed by atoms with Crippen molar-refractivity contribution >= 4 is 0 Å². The standard InChI is InChI=1S/C23H32O/c1-2-3-4-5-6-7-8-9-14-20-15-10-11-16-21(20)19-22-17-12-13-18-23(22)24/h10-13,15-18,24H,2-9,14,19H2,1H3. The number of rotatable bonds is 11. The van der Waals surface area contributed by atoms with Gasteiger partial charge in [0.1, 0.15) is 5.75 Å². The second-order valence-electron chi connectivity index (χ2n) is 6.80. The molecule has 0 aliphatic carbocycles. The van der Waals surface area contributed by atoms with Crippen LogP contribution in [0, 0.1) is 0 Å². The van der Waals surface area contributed by atoms with Gasteiger partial charge in [-0.1, -0.05) is 94.3 Å². The minimum Gasteiger partial charge on any atom is -0.508 e. The lowest BCUT2D eigenvalue weighted by atomic mass is 9.95. The maximum Gasteiger partial charge on any atom is 0.119 e. The Balaban J connectivity index is 1.78. The second kappa shape index (κ2) is 10.9. The van der Waals surface area contributed by atoms with E-state index in [1.165, 1.54) is 62.5 Å². The van der Waals surface area contributed by atoms with Crippen LogP contribution in [-0.2, 0) is 12.8 Å². The van der Waals surface area contributed by atoms with Crippen molar-refractivity contribution in [2.24, 2.45) is 0 Å². The van der Waals surface area contributed by atoms with E-state index >= 15 is 0 Å². The molecule has 0 aliphatic rings. The average molecular weight is 325 g/mol. The molecule has 1 N–H and O–H groups in total. The van der Waals surface area contributed by atoms with Gasteiger partial charge in [0.25, 0.3) is 0 Å². The highest BCUT2D eigenvalue weighted by atomic mass is 16.3. The molecule has 0 heterocycles. The van der Waals surface area contributed by atoms with Gasteiger partial charge in [0.2, 0.25) is 0 Å². The van der Waals surface area contributed by atoms with Crippen molar-refractivity contribution in [1.29, 1.82) is 0 Å². The summed E-state index contributed by atoms with van der Waals surface area (Å²) in [5.74, 6) is 0.402. The number of hydrogen-bond acceptors (Lipinski definition) is 1. The van der Waals surface area contributed by atoms with E-state index in [0.29, 0.717) is 5.75 Å². The maximum absolute atomic E-state index is 10.00.